The van der Waals surface area contributed by atoms with Crippen molar-refractivity contribution >= 4 is 17.9 Å². The van der Waals surface area contributed by atoms with Gasteiger partial charge in [-0.05, 0) is 77.0 Å². The molecule has 0 saturated carbocycles. The highest BCUT2D eigenvalue weighted by Crippen LogP contribution is 2.14. The van der Waals surface area contributed by atoms with Crippen molar-refractivity contribution in [3.63, 3.8) is 0 Å². The maximum Gasteiger partial charge on any atom is 0.306 e. The van der Waals surface area contributed by atoms with Gasteiger partial charge in [-0.2, -0.15) is 0 Å². The Morgan fingerprint density at radius 1 is 0.382 bits per heavy atom. The lowest BCUT2D eigenvalue weighted by Crippen LogP contribution is -2.30. The molecule has 0 fully saturated rings. The molecule has 0 N–H and O–H groups in total. The summed E-state index contributed by atoms with van der Waals surface area (Å²) in [6, 6.07) is 0. The molecule has 0 saturated heterocycles. The minimum absolute atomic E-state index is 0.0796. The standard InChI is InChI=1S/C49H86O6/c1-4-7-10-13-16-19-21-23-24-25-26-28-30-33-36-39-42-48(51)54-45-46(44-53-47(50)41-38-35-32-29-18-15-12-9-6-3)55-49(52)43-40-37-34-31-27-22-20-17-14-11-8-5-2/h7,10,16-17,19-20,23-24,46H,4-6,8-9,11-15,18,21-22,25-45H2,1-3H3/b10-7-,19-16-,20-17-,24-23-. The van der Waals surface area contributed by atoms with Crippen LogP contribution in [0.5, 0.6) is 0 Å². The van der Waals surface area contributed by atoms with E-state index in [1.807, 2.05) is 0 Å². The Morgan fingerprint density at radius 2 is 0.709 bits per heavy atom. The summed E-state index contributed by atoms with van der Waals surface area (Å²) in [6.07, 6.45) is 50.9. The maximum atomic E-state index is 12.7. The van der Waals surface area contributed by atoms with Crippen LogP contribution in [0.4, 0.5) is 0 Å². The average molecular weight is 771 g/mol. The van der Waals surface area contributed by atoms with Gasteiger partial charge in [0.05, 0.1) is 0 Å². The van der Waals surface area contributed by atoms with Gasteiger partial charge in [-0.3, -0.25) is 14.4 Å². The van der Waals surface area contributed by atoms with Crippen molar-refractivity contribution in [1.29, 1.82) is 0 Å². The van der Waals surface area contributed by atoms with Gasteiger partial charge >= 0.3 is 17.9 Å². The third-order valence-electron chi connectivity index (χ3n) is 9.82. The van der Waals surface area contributed by atoms with E-state index in [-0.39, 0.29) is 31.1 Å². The Kier molecular flexibility index (Phi) is 42.0. The van der Waals surface area contributed by atoms with Crippen molar-refractivity contribution in [3.05, 3.63) is 48.6 Å². The zero-order valence-corrected chi connectivity index (χ0v) is 36.2. The van der Waals surface area contributed by atoms with Crippen molar-refractivity contribution in [2.45, 2.75) is 232 Å². The molecule has 0 spiro atoms. The molecule has 318 valence electrons. The van der Waals surface area contributed by atoms with Crippen LogP contribution in [0.1, 0.15) is 226 Å². The highest BCUT2D eigenvalue weighted by molar-refractivity contribution is 5.71. The van der Waals surface area contributed by atoms with Crippen molar-refractivity contribution in [3.8, 4) is 0 Å². The Hall–Kier alpha value is -2.63. The molecule has 0 aromatic carbocycles. The van der Waals surface area contributed by atoms with Gasteiger partial charge in [0.2, 0.25) is 0 Å². The van der Waals surface area contributed by atoms with Crippen molar-refractivity contribution < 1.29 is 28.6 Å². The number of carbonyl (C=O) groups excluding carboxylic acids is 3. The molecule has 0 aliphatic carbocycles. The topological polar surface area (TPSA) is 78.9 Å². The first-order chi connectivity index (χ1) is 27.0. The monoisotopic (exact) mass is 771 g/mol. The van der Waals surface area contributed by atoms with Gasteiger partial charge in [0.25, 0.3) is 0 Å². The van der Waals surface area contributed by atoms with Crippen LogP contribution in [0.15, 0.2) is 48.6 Å². The van der Waals surface area contributed by atoms with Gasteiger partial charge in [0.15, 0.2) is 6.10 Å². The largest absolute Gasteiger partial charge is 0.462 e. The lowest BCUT2D eigenvalue weighted by atomic mass is 10.1. The van der Waals surface area contributed by atoms with Crippen LogP contribution in [0, 0.1) is 0 Å². The number of rotatable bonds is 41. The van der Waals surface area contributed by atoms with Crippen molar-refractivity contribution in [2.75, 3.05) is 13.2 Å². The molecule has 0 aromatic rings. The molecule has 0 rings (SSSR count). The van der Waals surface area contributed by atoms with Crippen molar-refractivity contribution in [1.82, 2.24) is 0 Å². The highest BCUT2D eigenvalue weighted by atomic mass is 16.6. The molecule has 6 nitrogen and oxygen atoms in total. The van der Waals surface area contributed by atoms with Gasteiger partial charge in [-0.25, -0.2) is 0 Å². The van der Waals surface area contributed by atoms with E-state index in [9.17, 15) is 14.4 Å². The maximum absolute atomic E-state index is 12.7. The Morgan fingerprint density at radius 3 is 1.16 bits per heavy atom. The number of unbranched alkanes of at least 4 members (excludes halogenated alkanes) is 22. The molecule has 0 radical (unpaired) electrons. The molecule has 1 atom stereocenters. The van der Waals surface area contributed by atoms with Crippen LogP contribution >= 0.6 is 0 Å². The van der Waals surface area contributed by atoms with E-state index in [4.69, 9.17) is 14.2 Å². The first-order valence-corrected chi connectivity index (χ1v) is 23.1. The number of esters is 3. The van der Waals surface area contributed by atoms with E-state index in [0.717, 1.165) is 96.3 Å². The second-order valence-electron chi connectivity index (χ2n) is 15.3. The summed E-state index contributed by atoms with van der Waals surface area (Å²) >= 11 is 0. The summed E-state index contributed by atoms with van der Waals surface area (Å²) < 4.78 is 16.7. The highest BCUT2D eigenvalue weighted by Gasteiger charge is 2.19. The Balaban J connectivity index is 4.36. The van der Waals surface area contributed by atoms with Gasteiger partial charge in [0, 0.05) is 19.3 Å². The molecule has 0 aromatic heterocycles. The van der Waals surface area contributed by atoms with E-state index in [1.165, 1.54) is 89.9 Å². The molecule has 0 heterocycles. The zero-order chi connectivity index (χ0) is 40.1. The Bertz CT molecular complexity index is 980. The number of allylic oxidation sites excluding steroid dienone is 8. The summed E-state index contributed by atoms with van der Waals surface area (Å²) in [7, 11) is 0. The number of hydrogen-bond acceptors (Lipinski definition) is 6. The molecule has 1 unspecified atom stereocenters. The third-order valence-corrected chi connectivity index (χ3v) is 9.82. The summed E-state index contributed by atoms with van der Waals surface area (Å²) in [4.78, 5) is 37.7. The quantitative estimate of drug-likeness (QED) is 0.0267. The average Bonchev–Trinajstić information content (AvgIpc) is 3.18. The first kappa shape index (κ1) is 52.4. The fraction of sp³-hybridized carbons (Fsp3) is 0.776. The molecule has 55 heavy (non-hydrogen) atoms. The number of carbonyl (C=O) groups is 3. The summed E-state index contributed by atoms with van der Waals surface area (Å²) in [5.74, 6) is -0.905. The summed E-state index contributed by atoms with van der Waals surface area (Å²) in [6.45, 7) is 6.46. The van der Waals surface area contributed by atoms with Gasteiger partial charge in [0.1, 0.15) is 13.2 Å². The van der Waals surface area contributed by atoms with E-state index in [1.54, 1.807) is 0 Å². The van der Waals surface area contributed by atoms with E-state index in [2.05, 4.69) is 69.4 Å². The SMILES string of the molecule is CC/C=C\C/C=C\C/C=C\CCCCCCCCC(=O)OCC(COC(=O)CCCCCCCCCCC)OC(=O)CCCCCCC/C=C\CCCCC. The lowest BCUT2D eigenvalue weighted by Gasteiger charge is -2.18. The zero-order valence-electron chi connectivity index (χ0n) is 36.2. The van der Waals surface area contributed by atoms with Crippen LogP contribution in [-0.2, 0) is 28.6 Å². The van der Waals surface area contributed by atoms with E-state index >= 15 is 0 Å². The van der Waals surface area contributed by atoms with Gasteiger partial charge in [-0.1, -0.05) is 179 Å². The number of hydrogen-bond donors (Lipinski definition) is 0. The molecule has 0 aliphatic rings. The van der Waals surface area contributed by atoms with E-state index < -0.39 is 6.10 Å². The second kappa shape index (κ2) is 44.1. The molecule has 0 bridgehead atoms. The Labute approximate surface area is 339 Å². The van der Waals surface area contributed by atoms with Crippen LogP contribution in [0.3, 0.4) is 0 Å². The van der Waals surface area contributed by atoms with Crippen LogP contribution in [0.2, 0.25) is 0 Å². The molecular formula is C49H86O6. The van der Waals surface area contributed by atoms with Crippen LogP contribution in [0.25, 0.3) is 0 Å². The van der Waals surface area contributed by atoms with Crippen LogP contribution < -0.4 is 0 Å². The van der Waals surface area contributed by atoms with Crippen molar-refractivity contribution in [2.24, 2.45) is 0 Å². The first-order valence-electron chi connectivity index (χ1n) is 23.1. The summed E-state index contributed by atoms with van der Waals surface area (Å²) in [5.41, 5.74) is 0. The minimum Gasteiger partial charge on any atom is -0.462 e. The predicted octanol–water partition coefficient (Wildman–Crippen LogP) is 14.8. The molecular weight excluding hydrogens is 685 g/mol. The molecule has 6 heteroatoms. The lowest BCUT2D eigenvalue weighted by molar-refractivity contribution is -0.167. The van der Waals surface area contributed by atoms with E-state index in [0.29, 0.717) is 19.3 Å². The smallest absolute Gasteiger partial charge is 0.306 e. The third kappa shape index (κ3) is 42.4. The second-order valence-corrected chi connectivity index (χ2v) is 15.3. The van der Waals surface area contributed by atoms with Gasteiger partial charge in [-0.15, -0.1) is 0 Å². The van der Waals surface area contributed by atoms with Crippen LogP contribution in [-0.4, -0.2) is 37.2 Å². The fourth-order valence-electron chi connectivity index (χ4n) is 6.33. The summed E-state index contributed by atoms with van der Waals surface area (Å²) in [5, 5.41) is 0. The minimum atomic E-state index is -0.777. The van der Waals surface area contributed by atoms with Gasteiger partial charge < -0.3 is 14.2 Å². The number of ether oxygens (including phenoxy) is 3. The normalized spacial score (nSPS) is 12.4. The molecule has 0 aliphatic heterocycles. The fourth-order valence-corrected chi connectivity index (χ4v) is 6.33. The predicted molar refractivity (Wildman–Crippen MR) is 233 cm³/mol. The molecule has 0 amide bonds.